The zero-order chi connectivity index (χ0) is 39.4. The number of fused-ring (bicyclic) bond motifs is 17. The fourth-order valence-electron chi connectivity index (χ4n) is 11.4. The summed E-state index contributed by atoms with van der Waals surface area (Å²) in [5.74, 6) is 0. The van der Waals surface area contributed by atoms with Crippen molar-refractivity contribution in [2.24, 2.45) is 0 Å². The van der Waals surface area contributed by atoms with Crippen molar-refractivity contribution in [2.45, 2.75) is 10.8 Å². The Morgan fingerprint density at radius 1 is 0.250 bits per heavy atom. The van der Waals surface area contributed by atoms with Gasteiger partial charge in [0.05, 0.1) is 22.2 Å². The minimum Gasteiger partial charge on any atom is -0.150 e. The maximum absolute atomic E-state index is 4.79. The highest BCUT2D eigenvalue weighted by Gasteiger charge is 2.58. The smallest absolute Gasteiger partial charge is 0.0936 e. The van der Waals surface area contributed by atoms with E-state index in [0.717, 1.165) is 28.1 Å². The van der Waals surface area contributed by atoms with Gasteiger partial charge in [-0.2, -0.15) is 0 Å². The van der Waals surface area contributed by atoms with Crippen LogP contribution in [0.5, 0.6) is 0 Å². The molecule has 0 unspecified atom stereocenters. The fourth-order valence-corrected chi connectivity index (χ4v) is 11.4. The van der Waals surface area contributed by atoms with E-state index < -0.39 is 10.8 Å². The van der Waals surface area contributed by atoms with E-state index in [1.54, 1.807) is 0 Å². The van der Waals surface area contributed by atoms with Crippen LogP contribution < -0.4 is 0 Å². The summed E-state index contributed by atoms with van der Waals surface area (Å²) in [5.41, 5.74) is 21.1. The first-order valence-electron chi connectivity index (χ1n) is 20.8. The topological polar surface area (TPSA) is 25.8 Å². The number of hydrogen-bond donors (Lipinski definition) is 0. The first kappa shape index (κ1) is 33.3. The van der Waals surface area contributed by atoms with E-state index in [-0.39, 0.29) is 0 Å². The molecule has 2 heteroatoms. The van der Waals surface area contributed by atoms with Gasteiger partial charge in [-0.1, -0.05) is 194 Å². The Kier molecular flexibility index (Phi) is 6.89. The zero-order valence-corrected chi connectivity index (χ0v) is 32.7. The molecule has 0 saturated heterocycles. The SMILES string of the molecule is c1cc(-c2ccc3c(c2)C2(c4ccccc4-3)c3ccccc3C3(c4ccccc4-c4ccccc43)c3ccccc32)cc(-c2ccc(-c3cccc4ccccc34)nn2)c1. The van der Waals surface area contributed by atoms with Gasteiger partial charge in [0.2, 0.25) is 0 Å². The van der Waals surface area contributed by atoms with Gasteiger partial charge >= 0.3 is 0 Å². The third-order valence-corrected chi connectivity index (χ3v) is 13.7. The van der Waals surface area contributed by atoms with Crippen molar-refractivity contribution in [3.63, 3.8) is 0 Å². The summed E-state index contributed by atoms with van der Waals surface area (Å²) >= 11 is 0. The average molecular weight is 761 g/mol. The number of hydrogen-bond acceptors (Lipinski definition) is 2. The van der Waals surface area contributed by atoms with Crippen molar-refractivity contribution < 1.29 is 0 Å². The lowest BCUT2D eigenvalue weighted by atomic mass is 9.52. The first-order chi connectivity index (χ1) is 29.8. The number of benzene rings is 9. The molecule has 60 heavy (non-hydrogen) atoms. The van der Waals surface area contributed by atoms with Gasteiger partial charge in [-0.05, 0) is 113 Å². The Hall–Kier alpha value is -7.68. The summed E-state index contributed by atoms with van der Waals surface area (Å²) in [6.45, 7) is 0. The molecular formula is C58H36N2. The Morgan fingerprint density at radius 3 is 1.27 bits per heavy atom. The lowest BCUT2D eigenvalue weighted by molar-refractivity contribution is 0.633. The van der Waals surface area contributed by atoms with Crippen LogP contribution in [0.15, 0.2) is 218 Å². The van der Waals surface area contributed by atoms with Gasteiger partial charge in [0.1, 0.15) is 0 Å². The molecule has 0 atom stereocenters. The van der Waals surface area contributed by atoms with Gasteiger partial charge < -0.3 is 0 Å². The van der Waals surface area contributed by atoms with Gasteiger partial charge in [0, 0.05) is 11.1 Å². The normalized spacial score (nSPS) is 14.3. The summed E-state index contributed by atoms with van der Waals surface area (Å²) in [6, 6.07) is 80.8. The maximum Gasteiger partial charge on any atom is 0.0936 e. The van der Waals surface area contributed by atoms with Crippen molar-refractivity contribution in [3.8, 4) is 55.9 Å². The molecule has 0 amide bonds. The molecule has 3 aliphatic carbocycles. The Morgan fingerprint density at radius 2 is 0.667 bits per heavy atom. The van der Waals surface area contributed by atoms with Gasteiger partial charge in [-0.15, -0.1) is 10.2 Å². The molecule has 13 rings (SSSR count). The predicted molar refractivity (Wildman–Crippen MR) is 244 cm³/mol. The standard InChI is InChI=1S/C58H36N2/c1-2-19-41-37(15-1)16-14-23-46(41)56-34-33-55(59-60-56)40-18-13-17-38(35-40)39-31-32-45-44-22-5-8-26-49(44)58(54(45)36-39)52-29-11-9-27-50(52)57(51-28-10-12-30-53(51)58)47-24-6-3-20-42(47)43-21-4-7-25-48(43)57/h1-36H. The minimum absolute atomic E-state index is 0.459. The molecule has 9 aromatic carbocycles. The van der Waals surface area contributed by atoms with E-state index in [2.05, 4.69) is 218 Å². The van der Waals surface area contributed by atoms with Crippen molar-refractivity contribution in [2.75, 3.05) is 0 Å². The zero-order valence-electron chi connectivity index (χ0n) is 32.7. The summed E-state index contributed by atoms with van der Waals surface area (Å²) in [7, 11) is 0. The Labute approximate surface area is 349 Å². The second-order valence-corrected chi connectivity index (χ2v) is 16.4. The molecule has 3 aliphatic rings. The molecule has 0 radical (unpaired) electrons. The highest BCUT2D eigenvalue weighted by atomic mass is 15.1. The van der Waals surface area contributed by atoms with Crippen molar-refractivity contribution in [3.05, 3.63) is 263 Å². The average Bonchev–Trinajstić information content (AvgIpc) is 3.79. The molecule has 0 bridgehead atoms. The van der Waals surface area contributed by atoms with Crippen LogP contribution in [0.3, 0.4) is 0 Å². The van der Waals surface area contributed by atoms with Gasteiger partial charge in [0.15, 0.2) is 0 Å². The number of aromatic nitrogens is 2. The van der Waals surface area contributed by atoms with Gasteiger partial charge in [0.25, 0.3) is 0 Å². The van der Waals surface area contributed by atoms with Crippen LogP contribution in [0, 0.1) is 0 Å². The molecule has 0 fully saturated rings. The Bertz CT molecular complexity index is 3290. The van der Waals surface area contributed by atoms with Crippen LogP contribution in [0.25, 0.3) is 66.7 Å². The molecule has 2 spiro atoms. The van der Waals surface area contributed by atoms with E-state index in [4.69, 9.17) is 10.2 Å². The molecule has 0 N–H and O–H groups in total. The second-order valence-electron chi connectivity index (χ2n) is 16.4. The third-order valence-electron chi connectivity index (χ3n) is 13.7. The molecular weight excluding hydrogens is 725 g/mol. The highest BCUT2D eigenvalue weighted by molar-refractivity contribution is 5.97. The molecule has 1 heterocycles. The fraction of sp³-hybridized carbons (Fsp3) is 0.0345. The van der Waals surface area contributed by atoms with Crippen molar-refractivity contribution >= 4 is 10.8 Å². The van der Waals surface area contributed by atoms with E-state index >= 15 is 0 Å². The summed E-state index contributed by atoms with van der Waals surface area (Å²) in [5, 5.41) is 11.9. The van der Waals surface area contributed by atoms with Crippen molar-refractivity contribution in [1.29, 1.82) is 0 Å². The molecule has 278 valence electrons. The lowest BCUT2D eigenvalue weighted by Gasteiger charge is -2.48. The van der Waals surface area contributed by atoms with E-state index in [1.165, 1.54) is 83.1 Å². The Balaban J connectivity index is 1.00. The quantitative estimate of drug-likeness (QED) is 0.179. The third kappa shape index (κ3) is 4.27. The van der Waals surface area contributed by atoms with E-state index in [0.29, 0.717) is 0 Å². The lowest BCUT2D eigenvalue weighted by Crippen LogP contribution is -2.43. The minimum atomic E-state index is -0.534. The van der Waals surface area contributed by atoms with Crippen LogP contribution in [-0.2, 0) is 10.8 Å². The molecule has 10 aromatic rings. The number of rotatable bonds is 3. The van der Waals surface area contributed by atoms with Crippen molar-refractivity contribution in [1.82, 2.24) is 10.2 Å². The van der Waals surface area contributed by atoms with E-state index in [1.807, 2.05) is 0 Å². The monoisotopic (exact) mass is 760 g/mol. The largest absolute Gasteiger partial charge is 0.150 e. The molecule has 2 nitrogen and oxygen atoms in total. The molecule has 0 saturated carbocycles. The van der Waals surface area contributed by atoms with Crippen LogP contribution >= 0.6 is 0 Å². The number of nitrogens with zero attached hydrogens (tertiary/aromatic N) is 2. The first-order valence-corrected chi connectivity index (χ1v) is 20.8. The van der Waals surface area contributed by atoms with Crippen LogP contribution in [-0.4, -0.2) is 10.2 Å². The van der Waals surface area contributed by atoms with E-state index in [9.17, 15) is 0 Å². The summed E-state index contributed by atoms with van der Waals surface area (Å²) in [6.07, 6.45) is 0. The van der Waals surface area contributed by atoms with Crippen LogP contribution in [0.4, 0.5) is 0 Å². The molecule has 1 aromatic heterocycles. The maximum atomic E-state index is 4.79. The molecule has 0 aliphatic heterocycles. The highest BCUT2D eigenvalue weighted by Crippen LogP contribution is 2.67. The van der Waals surface area contributed by atoms with Crippen LogP contribution in [0.1, 0.15) is 44.5 Å². The predicted octanol–water partition coefficient (Wildman–Crippen LogP) is 13.7. The van der Waals surface area contributed by atoms with Gasteiger partial charge in [-0.25, -0.2) is 0 Å². The summed E-state index contributed by atoms with van der Waals surface area (Å²) < 4.78 is 0. The van der Waals surface area contributed by atoms with Crippen LogP contribution in [0.2, 0.25) is 0 Å². The van der Waals surface area contributed by atoms with Gasteiger partial charge in [-0.3, -0.25) is 0 Å². The second kappa shape index (κ2) is 12.4. The summed E-state index contributed by atoms with van der Waals surface area (Å²) in [4.78, 5) is 0.